The topological polar surface area (TPSA) is 84.2 Å². The fourth-order valence-corrected chi connectivity index (χ4v) is 2.22. The zero-order valence-electron chi connectivity index (χ0n) is 13.0. The molecule has 0 aliphatic rings. The van der Waals surface area contributed by atoms with Crippen molar-refractivity contribution in [3.63, 3.8) is 0 Å². The molecular weight excluding hydrogens is 358 g/mol. The van der Waals surface area contributed by atoms with E-state index in [0.717, 1.165) is 16.5 Å². The van der Waals surface area contributed by atoms with Crippen molar-refractivity contribution >= 4 is 45.3 Å². The van der Waals surface area contributed by atoms with Gasteiger partial charge in [-0.15, -0.1) is 17.0 Å². The number of fused-ring (bicyclic) bond motifs is 1. The van der Waals surface area contributed by atoms with Gasteiger partial charge in [0.1, 0.15) is 0 Å². The summed E-state index contributed by atoms with van der Waals surface area (Å²) in [7, 11) is 0. The van der Waals surface area contributed by atoms with E-state index < -0.39 is 6.04 Å². The quantitative estimate of drug-likeness (QED) is 0.674. The van der Waals surface area contributed by atoms with Crippen molar-refractivity contribution in [2.75, 3.05) is 11.9 Å². The van der Waals surface area contributed by atoms with E-state index in [0.29, 0.717) is 19.4 Å². The average molecular weight is 380 g/mol. The lowest BCUT2D eigenvalue weighted by Gasteiger charge is -2.13. The fourth-order valence-electron chi connectivity index (χ4n) is 2.22. The van der Waals surface area contributed by atoms with E-state index in [4.69, 9.17) is 5.73 Å². The molecule has 0 saturated carbocycles. The number of hydrogen-bond donors (Lipinski definition) is 3. The van der Waals surface area contributed by atoms with Crippen LogP contribution in [0.25, 0.3) is 10.8 Å². The van der Waals surface area contributed by atoms with Crippen LogP contribution in [0.5, 0.6) is 0 Å². The molecule has 2 aromatic carbocycles. The Morgan fingerprint density at radius 1 is 1.13 bits per heavy atom. The van der Waals surface area contributed by atoms with Gasteiger partial charge in [-0.25, -0.2) is 0 Å². The van der Waals surface area contributed by atoms with E-state index in [1.807, 2.05) is 42.5 Å². The van der Waals surface area contributed by atoms with Crippen molar-refractivity contribution in [2.24, 2.45) is 5.73 Å². The van der Waals surface area contributed by atoms with Gasteiger partial charge in [0.2, 0.25) is 11.8 Å². The van der Waals surface area contributed by atoms with Gasteiger partial charge >= 0.3 is 0 Å². The van der Waals surface area contributed by atoms with Crippen LogP contribution in [0.3, 0.4) is 0 Å². The van der Waals surface area contributed by atoms with Crippen molar-refractivity contribution in [2.45, 2.75) is 25.8 Å². The smallest absolute Gasteiger partial charge is 0.241 e. The summed E-state index contributed by atoms with van der Waals surface area (Å²) in [6.45, 7) is 2.00. The average Bonchev–Trinajstić information content (AvgIpc) is 2.51. The molecule has 2 rings (SSSR count). The van der Waals surface area contributed by atoms with Crippen molar-refractivity contribution in [3.05, 3.63) is 42.5 Å². The molecule has 0 radical (unpaired) electrons. The highest BCUT2D eigenvalue weighted by Crippen LogP contribution is 2.19. The van der Waals surface area contributed by atoms with E-state index in [-0.39, 0.29) is 28.8 Å². The van der Waals surface area contributed by atoms with Gasteiger partial charge in [-0.05, 0) is 35.7 Å². The van der Waals surface area contributed by atoms with Crippen LogP contribution < -0.4 is 16.4 Å². The molecule has 0 spiro atoms. The lowest BCUT2D eigenvalue weighted by atomic mass is 10.1. The molecule has 124 valence electrons. The Balaban J connectivity index is 0.00000264. The Labute approximate surface area is 146 Å². The molecule has 0 fully saturated rings. The lowest BCUT2D eigenvalue weighted by Crippen LogP contribution is -2.36. The van der Waals surface area contributed by atoms with Crippen molar-refractivity contribution in [1.29, 1.82) is 0 Å². The number of nitrogens with two attached hydrogens (primary N) is 1. The molecule has 23 heavy (non-hydrogen) atoms. The van der Waals surface area contributed by atoms with Gasteiger partial charge < -0.3 is 16.4 Å². The van der Waals surface area contributed by atoms with E-state index >= 15 is 0 Å². The Kier molecular flexibility index (Phi) is 7.71. The van der Waals surface area contributed by atoms with Gasteiger partial charge in [0.25, 0.3) is 0 Å². The van der Waals surface area contributed by atoms with E-state index in [9.17, 15) is 9.59 Å². The van der Waals surface area contributed by atoms with Crippen LogP contribution >= 0.6 is 17.0 Å². The summed E-state index contributed by atoms with van der Waals surface area (Å²) < 4.78 is 0. The van der Waals surface area contributed by atoms with Crippen LogP contribution in [0.4, 0.5) is 5.69 Å². The summed E-state index contributed by atoms with van der Waals surface area (Å²) in [5.41, 5.74) is 6.61. The molecule has 0 aliphatic carbocycles. The Morgan fingerprint density at radius 3 is 2.52 bits per heavy atom. The molecule has 1 atom stereocenters. The molecule has 1 unspecified atom stereocenters. The third-order valence-corrected chi connectivity index (χ3v) is 3.42. The largest absolute Gasteiger partial charge is 0.356 e. The van der Waals surface area contributed by atoms with Crippen molar-refractivity contribution in [3.8, 4) is 0 Å². The van der Waals surface area contributed by atoms with Crippen molar-refractivity contribution in [1.82, 2.24) is 5.32 Å². The Bertz CT molecular complexity index is 676. The second-order valence-electron chi connectivity index (χ2n) is 5.28. The van der Waals surface area contributed by atoms with Gasteiger partial charge in [0, 0.05) is 19.2 Å². The molecule has 0 aromatic heterocycles. The van der Waals surface area contributed by atoms with Crippen LogP contribution in [0.1, 0.15) is 19.8 Å². The van der Waals surface area contributed by atoms with Crippen LogP contribution in [0.15, 0.2) is 42.5 Å². The van der Waals surface area contributed by atoms with Crippen LogP contribution in [0, 0.1) is 0 Å². The zero-order chi connectivity index (χ0) is 15.9. The first kappa shape index (κ1) is 19.1. The van der Waals surface area contributed by atoms with Crippen LogP contribution in [-0.2, 0) is 9.59 Å². The molecular formula is C17H22BrN3O2. The highest BCUT2D eigenvalue weighted by atomic mass is 79.9. The highest BCUT2D eigenvalue weighted by Gasteiger charge is 2.13. The van der Waals surface area contributed by atoms with E-state index in [1.54, 1.807) is 0 Å². The number of amides is 2. The van der Waals surface area contributed by atoms with Gasteiger partial charge in [0.15, 0.2) is 0 Å². The summed E-state index contributed by atoms with van der Waals surface area (Å²) in [6.07, 6.45) is 1.20. The maximum absolute atomic E-state index is 12.1. The Hall–Kier alpha value is -1.92. The van der Waals surface area contributed by atoms with Gasteiger partial charge in [-0.2, -0.15) is 0 Å². The minimum absolute atomic E-state index is 0. The first-order valence-corrected chi connectivity index (χ1v) is 7.36. The monoisotopic (exact) mass is 379 g/mol. The number of hydrogen-bond acceptors (Lipinski definition) is 3. The number of nitrogens with one attached hydrogen (secondary N) is 2. The minimum Gasteiger partial charge on any atom is -0.356 e. The molecule has 2 amide bonds. The van der Waals surface area contributed by atoms with E-state index in [2.05, 4.69) is 10.6 Å². The third-order valence-electron chi connectivity index (χ3n) is 3.42. The number of rotatable bonds is 6. The molecule has 0 aliphatic heterocycles. The highest BCUT2D eigenvalue weighted by molar-refractivity contribution is 8.93. The predicted octanol–water partition coefficient (Wildman–Crippen LogP) is 2.60. The van der Waals surface area contributed by atoms with Gasteiger partial charge in [-0.1, -0.05) is 30.3 Å². The normalized spacial score (nSPS) is 11.4. The summed E-state index contributed by atoms with van der Waals surface area (Å²) >= 11 is 0. The number of carbonyl (C=O) groups excluding carboxylic acids is 2. The molecule has 0 saturated heterocycles. The van der Waals surface area contributed by atoms with Crippen molar-refractivity contribution < 1.29 is 9.59 Å². The summed E-state index contributed by atoms with van der Waals surface area (Å²) in [5.74, 6) is -0.285. The predicted molar refractivity (Wildman–Crippen MR) is 98.8 cm³/mol. The Morgan fingerprint density at radius 2 is 1.83 bits per heavy atom. The molecule has 5 nitrogen and oxygen atoms in total. The number of halogens is 1. The zero-order valence-corrected chi connectivity index (χ0v) is 14.8. The number of carbonyl (C=O) groups is 2. The second kappa shape index (κ2) is 9.27. The maximum atomic E-state index is 12.1. The summed E-state index contributed by atoms with van der Waals surface area (Å²) in [4.78, 5) is 22.8. The first-order valence-electron chi connectivity index (χ1n) is 7.36. The van der Waals surface area contributed by atoms with Gasteiger partial charge in [0.05, 0.1) is 6.04 Å². The molecule has 0 bridgehead atoms. The molecule has 4 N–H and O–H groups in total. The standard InChI is InChI=1S/C17H21N3O2.BrH/c1-12(21)19-10-4-7-16(18)17(22)20-15-9-8-13-5-2-3-6-14(13)11-15;/h2-3,5-6,8-9,11,16H,4,7,10,18H2,1H3,(H,19,21)(H,20,22);1H. The first-order chi connectivity index (χ1) is 10.6. The molecule has 0 heterocycles. The summed E-state index contributed by atoms with van der Waals surface area (Å²) in [5, 5.41) is 7.71. The lowest BCUT2D eigenvalue weighted by molar-refractivity contribution is -0.119. The number of benzene rings is 2. The number of anilines is 1. The maximum Gasteiger partial charge on any atom is 0.241 e. The second-order valence-corrected chi connectivity index (χ2v) is 5.28. The third kappa shape index (κ3) is 6.00. The van der Waals surface area contributed by atoms with Gasteiger partial charge in [-0.3, -0.25) is 9.59 Å². The fraction of sp³-hybridized carbons (Fsp3) is 0.294. The SMILES string of the molecule is Br.CC(=O)NCCCC(N)C(=O)Nc1ccc2ccccc2c1. The van der Waals surface area contributed by atoms with Crippen LogP contribution in [-0.4, -0.2) is 24.4 Å². The van der Waals surface area contributed by atoms with E-state index in [1.165, 1.54) is 6.92 Å². The molecule has 2 aromatic rings. The molecule has 6 heteroatoms. The van der Waals surface area contributed by atoms with Crippen LogP contribution in [0.2, 0.25) is 0 Å². The minimum atomic E-state index is -0.583. The summed E-state index contributed by atoms with van der Waals surface area (Å²) in [6, 6.07) is 13.1.